The fourth-order valence-corrected chi connectivity index (χ4v) is 4.11. The van der Waals surface area contributed by atoms with E-state index in [2.05, 4.69) is 12.1 Å². The van der Waals surface area contributed by atoms with Crippen LogP contribution in [0.25, 0.3) is 11.1 Å². The lowest BCUT2D eigenvalue weighted by atomic mass is 9.98. The SMILES string of the molecule is CC(C)OC(=O)C1CCC(=O)N1C(=O)OCC1c2ccccc2-c2ccccc21. The average molecular weight is 393 g/mol. The first-order valence-electron chi connectivity index (χ1n) is 9.85. The third kappa shape index (κ3) is 3.50. The van der Waals surface area contributed by atoms with E-state index < -0.39 is 24.0 Å². The van der Waals surface area contributed by atoms with Gasteiger partial charge in [-0.3, -0.25) is 4.79 Å². The van der Waals surface area contributed by atoms with Crippen molar-refractivity contribution in [1.29, 1.82) is 0 Å². The monoisotopic (exact) mass is 393 g/mol. The standard InChI is InChI=1S/C23H23NO5/c1-14(2)29-22(26)20-11-12-21(25)24(20)23(27)28-13-19-17-9-5-3-7-15(17)16-8-4-6-10-18(16)19/h3-10,14,19-20H,11-13H2,1-2H3. The van der Waals surface area contributed by atoms with Crippen LogP contribution in [-0.2, 0) is 19.1 Å². The molecule has 0 saturated carbocycles. The Hall–Kier alpha value is -3.15. The van der Waals surface area contributed by atoms with Gasteiger partial charge in [0.05, 0.1) is 6.10 Å². The first-order chi connectivity index (χ1) is 14.0. The van der Waals surface area contributed by atoms with Gasteiger partial charge in [0.15, 0.2) is 0 Å². The molecule has 1 saturated heterocycles. The van der Waals surface area contributed by atoms with Gasteiger partial charge in [0.25, 0.3) is 0 Å². The van der Waals surface area contributed by atoms with Gasteiger partial charge < -0.3 is 9.47 Å². The van der Waals surface area contributed by atoms with Crippen molar-refractivity contribution < 1.29 is 23.9 Å². The summed E-state index contributed by atoms with van der Waals surface area (Å²) in [5.74, 6) is -1.09. The molecule has 1 fully saturated rings. The highest BCUT2D eigenvalue weighted by atomic mass is 16.6. The van der Waals surface area contributed by atoms with E-state index in [0.717, 1.165) is 27.2 Å². The highest BCUT2D eigenvalue weighted by Crippen LogP contribution is 2.44. The van der Waals surface area contributed by atoms with Gasteiger partial charge in [0.1, 0.15) is 12.6 Å². The van der Waals surface area contributed by atoms with Crippen molar-refractivity contribution in [3.8, 4) is 11.1 Å². The Morgan fingerprint density at radius 1 is 1.03 bits per heavy atom. The molecule has 0 N–H and O–H groups in total. The maximum Gasteiger partial charge on any atom is 0.417 e. The molecule has 1 aliphatic heterocycles. The molecule has 6 nitrogen and oxygen atoms in total. The Kier molecular flexibility index (Phi) is 5.09. The van der Waals surface area contributed by atoms with Crippen LogP contribution in [0.2, 0.25) is 0 Å². The molecule has 2 amide bonds. The lowest BCUT2D eigenvalue weighted by Crippen LogP contribution is -2.44. The largest absolute Gasteiger partial charge is 0.461 e. The molecule has 1 aliphatic carbocycles. The van der Waals surface area contributed by atoms with Crippen molar-refractivity contribution in [2.24, 2.45) is 0 Å². The third-order valence-corrected chi connectivity index (χ3v) is 5.37. The minimum absolute atomic E-state index is 0.0998. The smallest absolute Gasteiger partial charge is 0.417 e. The summed E-state index contributed by atoms with van der Waals surface area (Å²) in [6.45, 7) is 3.56. The predicted molar refractivity (Wildman–Crippen MR) is 106 cm³/mol. The Balaban J connectivity index is 1.51. The number of likely N-dealkylation sites (tertiary alicyclic amines) is 1. The van der Waals surface area contributed by atoms with Crippen LogP contribution in [0.4, 0.5) is 4.79 Å². The summed E-state index contributed by atoms with van der Waals surface area (Å²) in [4.78, 5) is 38.1. The lowest BCUT2D eigenvalue weighted by molar-refractivity contribution is -0.154. The number of nitrogens with zero attached hydrogens (tertiary/aromatic N) is 1. The summed E-state index contributed by atoms with van der Waals surface area (Å²) in [7, 11) is 0. The molecule has 2 aromatic carbocycles. The zero-order valence-corrected chi connectivity index (χ0v) is 16.5. The molecular weight excluding hydrogens is 370 g/mol. The summed E-state index contributed by atoms with van der Waals surface area (Å²) in [6, 6.07) is 15.1. The van der Waals surface area contributed by atoms with E-state index >= 15 is 0 Å². The van der Waals surface area contributed by atoms with Gasteiger partial charge in [0.2, 0.25) is 5.91 Å². The second-order valence-electron chi connectivity index (χ2n) is 7.61. The lowest BCUT2D eigenvalue weighted by Gasteiger charge is -2.23. The second kappa shape index (κ2) is 7.70. The highest BCUT2D eigenvalue weighted by Gasteiger charge is 2.43. The van der Waals surface area contributed by atoms with Crippen molar-refractivity contribution in [1.82, 2.24) is 4.90 Å². The Morgan fingerprint density at radius 2 is 1.62 bits per heavy atom. The summed E-state index contributed by atoms with van der Waals surface area (Å²) in [5.41, 5.74) is 4.43. The fraction of sp³-hybridized carbons (Fsp3) is 0.348. The van der Waals surface area contributed by atoms with Crippen LogP contribution < -0.4 is 0 Å². The first kappa shape index (κ1) is 19.2. The number of carbonyl (C=O) groups is 3. The minimum Gasteiger partial charge on any atom is -0.461 e. The topological polar surface area (TPSA) is 72.9 Å². The second-order valence-corrected chi connectivity index (χ2v) is 7.61. The number of esters is 1. The van der Waals surface area contributed by atoms with Crippen molar-refractivity contribution in [2.45, 2.75) is 44.8 Å². The zero-order chi connectivity index (χ0) is 20.5. The maximum absolute atomic E-state index is 12.7. The molecule has 6 heteroatoms. The minimum atomic E-state index is -0.916. The summed E-state index contributed by atoms with van der Waals surface area (Å²) < 4.78 is 10.7. The Bertz CT molecular complexity index is 922. The molecule has 0 bridgehead atoms. The van der Waals surface area contributed by atoms with Gasteiger partial charge in [-0.05, 0) is 42.5 Å². The number of imide groups is 1. The third-order valence-electron chi connectivity index (χ3n) is 5.37. The zero-order valence-electron chi connectivity index (χ0n) is 16.5. The van der Waals surface area contributed by atoms with Crippen LogP contribution >= 0.6 is 0 Å². The number of hydrogen-bond donors (Lipinski definition) is 0. The quantitative estimate of drug-likeness (QED) is 0.737. The van der Waals surface area contributed by atoms with E-state index in [1.807, 2.05) is 36.4 Å². The van der Waals surface area contributed by atoms with Crippen LogP contribution in [0.3, 0.4) is 0 Å². The summed E-state index contributed by atoms with van der Waals surface area (Å²) >= 11 is 0. The van der Waals surface area contributed by atoms with E-state index in [4.69, 9.17) is 9.47 Å². The number of fused-ring (bicyclic) bond motifs is 3. The van der Waals surface area contributed by atoms with Crippen LogP contribution in [-0.4, -0.2) is 41.6 Å². The summed E-state index contributed by atoms with van der Waals surface area (Å²) in [5, 5.41) is 0. The molecule has 1 unspecified atom stereocenters. The molecule has 29 heavy (non-hydrogen) atoms. The highest BCUT2D eigenvalue weighted by molar-refractivity contribution is 5.99. The van der Waals surface area contributed by atoms with Crippen molar-refractivity contribution in [3.05, 3.63) is 59.7 Å². The van der Waals surface area contributed by atoms with E-state index in [1.54, 1.807) is 13.8 Å². The van der Waals surface area contributed by atoms with Gasteiger partial charge in [-0.25, -0.2) is 14.5 Å². The van der Waals surface area contributed by atoms with E-state index in [9.17, 15) is 14.4 Å². The van der Waals surface area contributed by atoms with Gasteiger partial charge in [-0.15, -0.1) is 0 Å². The molecule has 2 aromatic rings. The number of rotatable bonds is 4. The number of carbonyl (C=O) groups excluding carboxylic acids is 3. The normalized spacial score (nSPS) is 18.0. The van der Waals surface area contributed by atoms with Crippen molar-refractivity contribution >= 4 is 18.0 Å². The fourth-order valence-electron chi connectivity index (χ4n) is 4.11. The molecule has 1 heterocycles. The van der Waals surface area contributed by atoms with Crippen molar-refractivity contribution in [3.63, 3.8) is 0 Å². The van der Waals surface area contributed by atoms with Crippen molar-refractivity contribution in [2.75, 3.05) is 6.61 Å². The number of benzene rings is 2. The van der Waals surface area contributed by atoms with Crippen LogP contribution in [0.1, 0.15) is 43.7 Å². The molecular formula is C23H23NO5. The molecule has 2 aliphatic rings. The number of ether oxygens (including phenoxy) is 2. The van der Waals surface area contributed by atoms with Gasteiger partial charge in [-0.1, -0.05) is 48.5 Å². The van der Waals surface area contributed by atoms with E-state index in [0.29, 0.717) is 0 Å². The number of hydrogen-bond acceptors (Lipinski definition) is 5. The summed E-state index contributed by atoms with van der Waals surface area (Å²) in [6.07, 6.45) is -0.723. The Labute approximate surface area is 169 Å². The van der Waals surface area contributed by atoms with Gasteiger partial charge in [0, 0.05) is 12.3 Å². The molecule has 0 spiro atoms. The maximum atomic E-state index is 12.7. The number of amides is 2. The molecule has 0 radical (unpaired) electrons. The predicted octanol–water partition coefficient (Wildman–Crippen LogP) is 3.88. The van der Waals surface area contributed by atoms with E-state index in [-0.39, 0.29) is 31.5 Å². The average Bonchev–Trinajstić information content (AvgIpc) is 3.24. The van der Waals surface area contributed by atoms with Gasteiger partial charge >= 0.3 is 12.1 Å². The van der Waals surface area contributed by atoms with Crippen LogP contribution in [0.5, 0.6) is 0 Å². The molecule has 150 valence electrons. The van der Waals surface area contributed by atoms with Gasteiger partial charge in [-0.2, -0.15) is 0 Å². The Morgan fingerprint density at radius 3 is 2.21 bits per heavy atom. The molecule has 0 aromatic heterocycles. The molecule has 1 atom stereocenters. The molecule has 4 rings (SSSR count). The van der Waals surface area contributed by atoms with E-state index in [1.165, 1.54) is 0 Å². The van der Waals surface area contributed by atoms with Crippen LogP contribution in [0, 0.1) is 0 Å². The van der Waals surface area contributed by atoms with Crippen LogP contribution in [0.15, 0.2) is 48.5 Å². The first-order valence-corrected chi connectivity index (χ1v) is 9.85.